The molecule has 2 heterocycles. The monoisotopic (exact) mass is 295 g/mol. The highest BCUT2D eigenvalue weighted by atomic mass is 79.9. The minimum atomic E-state index is 0.161. The Morgan fingerprint density at radius 3 is 2.88 bits per heavy atom. The van der Waals surface area contributed by atoms with Crippen LogP contribution in [0.15, 0.2) is 29.1 Å². The van der Waals surface area contributed by atoms with Crippen LogP contribution in [0.5, 0.6) is 0 Å². The summed E-state index contributed by atoms with van der Waals surface area (Å²) in [6.07, 6.45) is 4.51. The zero-order valence-corrected chi connectivity index (χ0v) is 11.3. The number of aromatic nitrogens is 4. The average Bonchev–Trinajstić information content (AvgIpc) is 2.68. The number of hydrogen-bond donors (Lipinski definition) is 1. The van der Waals surface area contributed by atoms with Crippen molar-refractivity contribution in [1.82, 2.24) is 25.3 Å². The first kappa shape index (κ1) is 12.2. The molecule has 0 saturated carbocycles. The molecule has 17 heavy (non-hydrogen) atoms. The molecule has 0 radical (unpaired) electrons. The smallest absolute Gasteiger partial charge is 0.153 e. The van der Waals surface area contributed by atoms with E-state index in [4.69, 9.17) is 0 Å². The first-order chi connectivity index (χ1) is 8.22. The first-order valence-corrected chi connectivity index (χ1v) is 6.13. The number of likely N-dealkylation sites (N-methyl/N-ethyl adjacent to an activating group) is 1. The van der Waals surface area contributed by atoms with Crippen molar-refractivity contribution < 1.29 is 0 Å². The van der Waals surface area contributed by atoms with Crippen LogP contribution in [-0.2, 0) is 13.5 Å². The van der Waals surface area contributed by atoms with Crippen LogP contribution in [0.25, 0.3) is 0 Å². The Hall–Kier alpha value is -1.27. The van der Waals surface area contributed by atoms with Crippen LogP contribution in [0.1, 0.15) is 17.3 Å². The largest absolute Gasteiger partial charge is 0.311 e. The molecule has 0 bridgehead atoms. The van der Waals surface area contributed by atoms with Crippen LogP contribution in [0.4, 0.5) is 0 Å². The number of nitrogens with one attached hydrogen (secondary N) is 1. The lowest BCUT2D eigenvalue weighted by molar-refractivity contribution is 0.532. The van der Waals surface area contributed by atoms with Gasteiger partial charge in [-0.1, -0.05) is 11.3 Å². The second-order valence-corrected chi connectivity index (χ2v) is 4.55. The van der Waals surface area contributed by atoms with Crippen molar-refractivity contribution in [3.8, 4) is 0 Å². The van der Waals surface area contributed by atoms with Crippen LogP contribution >= 0.6 is 15.9 Å². The summed E-state index contributed by atoms with van der Waals surface area (Å²) in [5, 5.41) is 11.3. The first-order valence-electron chi connectivity index (χ1n) is 5.33. The molecule has 2 aromatic rings. The highest BCUT2D eigenvalue weighted by Gasteiger charge is 2.18. The highest BCUT2D eigenvalue weighted by Crippen LogP contribution is 2.23. The molecule has 0 amide bonds. The summed E-state index contributed by atoms with van der Waals surface area (Å²) in [6.45, 7) is 0. The SMILES string of the molecule is CNC(Cc1cccnc1)c1c(Br)nnn1C. The Bertz CT molecular complexity index is 462. The van der Waals surface area contributed by atoms with E-state index >= 15 is 0 Å². The summed E-state index contributed by atoms with van der Waals surface area (Å²) in [4.78, 5) is 4.12. The minimum absolute atomic E-state index is 0.161. The molecule has 1 unspecified atom stereocenters. The van der Waals surface area contributed by atoms with Crippen LogP contribution in [0, 0.1) is 0 Å². The van der Waals surface area contributed by atoms with E-state index in [9.17, 15) is 0 Å². The van der Waals surface area contributed by atoms with Gasteiger partial charge >= 0.3 is 0 Å². The van der Waals surface area contributed by atoms with Crippen LogP contribution in [0.3, 0.4) is 0 Å². The van der Waals surface area contributed by atoms with Crippen molar-refractivity contribution in [1.29, 1.82) is 0 Å². The maximum Gasteiger partial charge on any atom is 0.153 e. The summed E-state index contributed by atoms with van der Waals surface area (Å²) in [5.41, 5.74) is 2.22. The molecule has 0 spiro atoms. The molecule has 1 N–H and O–H groups in total. The van der Waals surface area contributed by atoms with Crippen LogP contribution in [0.2, 0.25) is 0 Å². The standard InChI is InChI=1S/C11H14BrN5/c1-13-9(6-8-4-3-5-14-7-8)10-11(12)15-16-17(10)2/h3-5,7,9,13H,6H2,1-2H3. The van der Waals surface area contributed by atoms with E-state index in [0.717, 1.165) is 16.7 Å². The third-order valence-corrected chi connectivity index (χ3v) is 3.23. The molecule has 0 aliphatic heterocycles. The normalized spacial score (nSPS) is 12.6. The topological polar surface area (TPSA) is 55.6 Å². The second-order valence-electron chi connectivity index (χ2n) is 3.80. The number of nitrogens with zero attached hydrogens (tertiary/aromatic N) is 4. The van der Waals surface area contributed by atoms with Gasteiger partial charge in [-0.15, -0.1) is 5.10 Å². The number of aryl methyl sites for hydroxylation is 1. The lowest BCUT2D eigenvalue weighted by atomic mass is 10.1. The van der Waals surface area contributed by atoms with Crippen molar-refractivity contribution in [3.05, 3.63) is 40.4 Å². The zero-order valence-electron chi connectivity index (χ0n) is 9.76. The summed E-state index contributed by atoms with van der Waals surface area (Å²) in [6, 6.07) is 4.17. The summed E-state index contributed by atoms with van der Waals surface area (Å²) in [5.74, 6) is 0. The molecular formula is C11H14BrN5. The molecule has 6 heteroatoms. The third-order valence-electron chi connectivity index (χ3n) is 2.67. The van der Waals surface area contributed by atoms with Crippen molar-refractivity contribution in [2.24, 2.45) is 7.05 Å². The molecule has 0 fully saturated rings. The van der Waals surface area contributed by atoms with E-state index in [2.05, 4.69) is 42.6 Å². The van der Waals surface area contributed by atoms with Crippen molar-refractivity contribution in [2.45, 2.75) is 12.5 Å². The second kappa shape index (κ2) is 5.37. The van der Waals surface area contributed by atoms with Gasteiger partial charge in [0.1, 0.15) is 0 Å². The van der Waals surface area contributed by atoms with Crippen LogP contribution < -0.4 is 5.32 Å². The Morgan fingerprint density at radius 1 is 1.53 bits per heavy atom. The van der Waals surface area contributed by atoms with Gasteiger partial charge in [0.2, 0.25) is 0 Å². The van der Waals surface area contributed by atoms with Gasteiger partial charge in [0.15, 0.2) is 4.60 Å². The lowest BCUT2D eigenvalue weighted by Crippen LogP contribution is -2.22. The van der Waals surface area contributed by atoms with E-state index in [1.807, 2.05) is 26.4 Å². The Morgan fingerprint density at radius 2 is 2.35 bits per heavy atom. The van der Waals surface area contributed by atoms with E-state index < -0.39 is 0 Å². The van der Waals surface area contributed by atoms with Gasteiger partial charge in [0.25, 0.3) is 0 Å². The zero-order chi connectivity index (χ0) is 12.3. The summed E-state index contributed by atoms with van der Waals surface area (Å²) in [7, 11) is 3.82. The molecule has 2 aromatic heterocycles. The van der Waals surface area contributed by atoms with E-state index in [-0.39, 0.29) is 6.04 Å². The van der Waals surface area contributed by atoms with Gasteiger partial charge < -0.3 is 5.32 Å². The van der Waals surface area contributed by atoms with Gasteiger partial charge in [0, 0.05) is 19.4 Å². The summed E-state index contributed by atoms with van der Waals surface area (Å²) >= 11 is 3.42. The maximum atomic E-state index is 4.12. The molecule has 2 rings (SSSR count). The van der Waals surface area contributed by atoms with Gasteiger partial charge in [-0.25, -0.2) is 4.68 Å². The number of halogens is 1. The Kier molecular flexibility index (Phi) is 3.86. The minimum Gasteiger partial charge on any atom is -0.311 e. The molecule has 0 aliphatic rings. The number of pyridine rings is 1. The predicted octanol–water partition coefficient (Wildman–Crippen LogP) is 1.48. The third kappa shape index (κ3) is 2.70. The molecule has 5 nitrogen and oxygen atoms in total. The molecule has 0 aliphatic carbocycles. The maximum absolute atomic E-state index is 4.12. The van der Waals surface area contributed by atoms with E-state index in [1.54, 1.807) is 10.9 Å². The van der Waals surface area contributed by atoms with Gasteiger partial charge in [-0.3, -0.25) is 4.98 Å². The van der Waals surface area contributed by atoms with E-state index in [0.29, 0.717) is 0 Å². The molecule has 0 saturated heterocycles. The quantitative estimate of drug-likeness (QED) is 0.928. The molecule has 0 aromatic carbocycles. The Balaban J connectivity index is 2.23. The van der Waals surface area contributed by atoms with Gasteiger partial charge in [-0.2, -0.15) is 0 Å². The van der Waals surface area contributed by atoms with Gasteiger partial charge in [0.05, 0.1) is 11.7 Å². The molecular weight excluding hydrogens is 282 g/mol. The van der Waals surface area contributed by atoms with E-state index in [1.165, 1.54) is 5.56 Å². The van der Waals surface area contributed by atoms with Crippen molar-refractivity contribution in [3.63, 3.8) is 0 Å². The van der Waals surface area contributed by atoms with Crippen LogP contribution in [-0.4, -0.2) is 27.0 Å². The number of rotatable bonds is 4. The fraction of sp³-hybridized carbons (Fsp3) is 0.364. The fourth-order valence-electron chi connectivity index (χ4n) is 1.80. The molecule has 1 atom stereocenters. The Labute approximate surface area is 108 Å². The summed E-state index contributed by atoms with van der Waals surface area (Å²) < 4.78 is 2.56. The van der Waals surface area contributed by atoms with Gasteiger partial charge in [-0.05, 0) is 41.0 Å². The fourth-order valence-corrected chi connectivity index (χ4v) is 2.40. The van der Waals surface area contributed by atoms with Crippen molar-refractivity contribution in [2.75, 3.05) is 7.05 Å². The average molecular weight is 296 g/mol. The lowest BCUT2D eigenvalue weighted by Gasteiger charge is -2.16. The van der Waals surface area contributed by atoms with Crippen molar-refractivity contribution >= 4 is 15.9 Å². The molecule has 90 valence electrons. The highest BCUT2D eigenvalue weighted by molar-refractivity contribution is 9.10. The number of hydrogen-bond acceptors (Lipinski definition) is 4. The predicted molar refractivity (Wildman–Crippen MR) is 68.4 cm³/mol.